The number of rotatable bonds is 13. The number of carboxylic acid groups (broad SMARTS) is 1. The summed E-state index contributed by atoms with van der Waals surface area (Å²) in [5, 5.41) is 16.6. The molecule has 9 N–H and O–H groups in total. The highest BCUT2D eigenvalue weighted by atomic mass is 16.4. The standard InChI is InChI=1S/C18H29N7O6/c1-9(2)15(25-14(27)6-19)17(29)24-12(5-10-7-21-8-22-10)16(28)23-11(18(30)31)3-4-13(20)26/h7-9,11-12,15H,3-6,19H2,1-2H3,(H2,20,26)(H,21,22)(H,23,28)(H,24,29)(H,25,27)(H,30,31). The molecule has 1 rings (SSSR count). The van der Waals surface area contributed by atoms with Gasteiger partial charge in [0.2, 0.25) is 23.6 Å². The molecule has 3 atom stereocenters. The topological polar surface area (TPSA) is 222 Å². The summed E-state index contributed by atoms with van der Waals surface area (Å²) < 4.78 is 0. The van der Waals surface area contributed by atoms with Gasteiger partial charge in [-0.05, 0) is 12.3 Å². The quantitative estimate of drug-likeness (QED) is 0.172. The molecule has 0 aliphatic heterocycles. The minimum atomic E-state index is -1.38. The summed E-state index contributed by atoms with van der Waals surface area (Å²) in [6, 6.07) is -3.52. The molecule has 0 saturated carbocycles. The van der Waals surface area contributed by atoms with E-state index in [1.54, 1.807) is 13.8 Å². The van der Waals surface area contributed by atoms with Gasteiger partial charge in [-0.3, -0.25) is 19.2 Å². The zero-order valence-corrected chi connectivity index (χ0v) is 17.4. The number of carboxylic acids is 1. The normalized spacial score (nSPS) is 13.7. The number of amides is 4. The van der Waals surface area contributed by atoms with Crippen LogP contribution in [0.25, 0.3) is 0 Å². The van der Waals surface area contributed by atoms with Gasteiger partial charge in [-0.2, -0.15) is 0 Å². The van der Waals surface area contributed by atoms with E-state index >= 15 is 0 Å². The first-order chi connectivity index (χ1) is 14.5. The van der Waals surface area contributed by atoms with Gasteiger partial charge in [0.1, 0.15) is 18.1 Å². The van der Waals surface area contributed by atoms with Crippen molar-refractivity contribution in [3.63, 3.8) is 0 Å². The molecule has 172 valence electrons. The maximum Gasteiger partial charge on any atom is 0.326 e. The fourth-order valence-electron chi connectivity index (χ4n) is 2.67. The van der Waals surface area contributed by atoms with Crippen LogP contribution in [0.3, 0.4) is 0 Å². The lowest BCUT2D eigenvalue weighted by atomic mass is 10.0. The van der Waals surface area contributed by atoms with E-state index in [0.717, 1.165) is 0 Å². The number of carbonyl (C=O) groups excluding carboxylic acids is 4. The first-order valence-corrected chi connectivity index (χ1v) is 9.63. The molecule has 0 fully saturated rings. The largest absolute Gasteiger partial charge is 0.480 e. The minimum Gasteiger partial charge on any atom is -0.480 e. The van der Waals surface area contributed by atoms with Crippen molar-refractivity contribution in [3.8, 4) is 0 Å². The molecule has 0 radical (unpaired) electrons. The highest BCUT2D eigenvalue weighted by molar-refractivity contribution is 5.94. The van der Waals surface area contributed by atoms with Crippen molar-refractivity contribution in [2.75, 3.05) is 6.54 Å². The summed E-state index contributed by atoms with van der Waals surface area (Å²) >= 11 is 0. The van der Waals surface area contributed by atoms with Gasteiger partial charge in [0, 0.05) is 24.7 Å². The molecule has 4 amide bonds. The van der Waals surface area contributed by atoms with Crippen molar-refractivity contribution >= 4 is 29.6 Å². The maximum absolute atomic E-state index is 12.8. The van der Waals surface area contributed by atoms with Crippen LogP contribution in [-0.2, 0) is 30.4 Å². The number of H-pyrrole nitrogens is 1. The monoisotopic (exact) mass is 439 g/mol. The van der Waals surface area contributed by atoms with Gasteiger partial charge < -0.3 is 37.5 Å². The molecule has 1 heterocycles. The summed E-state index contributed by atoms with van der Waals surface area (Å²) in [7, 11) is 0. The summed E-state index contributed by atoms with van der Waals surface area (Å²) in [5.41, 5.74) is 10.8. The third kappa shape index (κ3) is 8.82. The number of hydrogen-bond donors (Lipinski definition) is 7. The lowest BCUT2D eigenvalue weighted by Gasteiger charge is -2.26. The fraction of sp³-hybridized carbons (Fsp3) is 0.556. The van der Waals surface area contributed by atoms with E-state index in [-0.39, 0.29) is 31.7 Å². The second-order valence-electron chi connectivity index (χ2n) is 7.24. The summed E-state index contributed by atoms with van der Waals surface area (Å²) in [5.74, 6) is -4.34. The third-order valence-corrected chi connectivity index (χ3v) is 4.36. The number of imidazole rings is 1. The number of nitrogens with two attached hydrogens (primary N) is 2. The predicted octanol–water partition coefficient (Wildman–Crippen LogP) is -2.63. The fourth-order valence-corrected chi connectivity index (χ4v) is 2.67. The molecule has 1 aromatic rings. The number of nitrogens with zero attached hydrogens (tertiary/aromatic N) is 1. The maximum atomic E-state index is 12.8. The minimum absolute atomic E-state index is 0.0185. The van der Waals surface area contributed by atoms with Crippen LogP contribution in [0.1, 0.15) is 32.4 Å². The molecule has 1 aromatic heterocycles. The van der Waals surface area contributed by atoms with E-state index < -0.39 is 47.7 Å². The van der Waals surface area contributed by atoms with E-state index in [0.29, 0.717) is 5.69 Å². The van der Waals surface area contributed by atoms with Crippen molar-refractivity contribution in [1.82, 2.24) is 25.9 Å². The lowest BCUT2D eigenvalue weighted by Crippen LogP contribution is -2.58. The van der Waals surface area contributed by atoms with Gasteiger partial charge >= 0.3 is 5.97 Å². The summed E-state index contributed by atoms with van der Waals surface area (Å²) in [6.45, 7) is 3.10. The number of primary amides is 1. The molecule has 3 unspecified atom stereocenters. The zero-order chi connectivity index (χ0) is 23.6. The van der Waals surface area contributed by atoms with Crippen LogP contribution >= 0.6 is 0 Å². The van der Waals surface area contributed by atoms with Crippen molar-refractivity contribution in [2.24, 2.45) is 17.4 Å². The van der Waals surface area contributed by atoms with E-state index in [2.05, 4.69) is 25.9 Å². The second kappa shape index (κ2) is 12.3. The average Bonchev–Trinajstić information content (AvgIpc) is 3.20. The molecule has 31 heavy (non-hydrogen) atoms. The Labute approximate surface area is 178 Å². The Hall–Kier alpha value is -3.48. The molecule has 0 spiro atoms. The van der Waals surface area contributed by atoms with Gasteiger partial charge in [-0.1, -0.05) is 13.8 Å². The third-order valence-electron chi connectivity index (χ3n) is 4.36. The SMILES string of the molecule is CC(C)C(NC(=O)CN)C(=O)NC(Cc1cnc[nH]1)C(=O)NC(CCC(N)=O)C(=O)O. The van der Waals surface area contributed by atoms with Crippen molar-refractivity contribution in [2.45, 2.75) is 51.2 Å². The molecular weight excluding hydrogens is 410 g/mol. The first-order valence-electron chi connectivity index (χ1n) is 9.63. The van der Waals surface area contributed by atoms with Crippen LogP contribution in [0.4, 0.5) is 0 Å². The zero-order valence-electron chi connectivity index (χ0n) is 17.4. The molecule has 0 bridgehead atoms. The lowest BCUT2D eigenvalue weighted by molar-refractivity contribution is -0.142. The number of aromatic nitrogens is 2. The molecule has 0 saturated heterocycles. The Kier molecular flexibility index (Phi) is 10.1. The highest BCUT2D eigenvalue weighted by Gasteiger charge is 2.31. The first kappa shape index (κ1) is 25.6. The average molecular weight is 439 g/mol. The predicted molar refractivity (Wildman–Crippen MR) is 108 cm³/mol. The van der Waals surface area contributed by atoms with Crippen molar-refractivity contribution in [3.05, 3.63) is 18.2 Å². The van der Waals surface area contributed by atoms with Crippen LogP contribution in [-0.4, -0.2) is 69.3 Å². The Bertz CT molecular complexity index is 780. The Morgan fingerprint density at radius 1 is 1.10 bits per heavy atom. The molecule has 13 nitrogen and oxygen atoms in total. The van der Waals surface area contributed by atoms with Gasteiger partial charge in [-0.15, -0.1) is 0 Å². The van der Waals surface area contributed by atoms with E-state index in [1.165, 1.54) is 12.5 Å². The highest BCUT2D eigenvalue weighted by Crippen LogP contribution is 2.06. The number of carbonyl (C=O) groups is 5. The molecule has 0 aromatic carbocycles. The molecule has 0 aliphatic rings. The van der Waals surface area contributed by atoms with Crippen LogP contribution in [0.15, 0.2) is 12.5 Å². The van der Waals surface area contributed by atoms with Gasteiger partial charge in [0.15, 0.2) is 0 Å². The van der Waals surface area contributed by atoms with Gasteiger partial charge in [0.25, 0.3) is 0 Å². The van der Waals surface area contributed by atoms with Crippen LogP contribution in [0.2, 0.25) is 0 Å². The van der Waals surface area contributed by atoms with Crippen molar-refractivity contribution < 1.29 is 29.1 Å². The Balaban J connectivity index is 3.00. The smallest absolute Gasteiger partial charge is 0.326 e. The van der Waals surface area contributed by atoms with E-state index in [4.69, 9.17) is 11.5 Å². The molecule has 13 heteroatoms. The number of hydrogen-bond acceptors (Lipinski definition) is 7. The van der Waals surface area contributed by atoms with Crippen LogP contribution in [0, 0.1) is 5.92 Å². The van der Waals surface area contributed by atoms with Gasteiger partial charge in [0.05, 0.1) is 12.9 Å². The van der Waals surface area contributed by atoms with Gasteiger partial charge in [-0.25, -0.2) is 9.78 Å². The Morgan fingerprint density at radius 3 is 2.23 bits per heavy atom. The van der Waals surface area contributed by atoms with E-state index in [9.17, 15) is 29.1 Å². The second-order valence-corrected chi connectivity index (χ2v) is 7.24. The van der Waals surface area contributed by atoms with Crippen molar-refractivity contribution in [1.29, 1.82) is 0 Å². The summed E-state index contributed by atoms with van der Waals surface area (Å²) in [4.78, 5) is 66.2. The number of nitrogens with one attached hydrogen (secondary N) is 4. The number of aromatic amines is 1. The molecule has 0 aliphatic carbocycles. The van der Waals surface area contributed by atoms with Crippen LogP contribution in [0.5, 0.6) is 0 Å². The number of aliphatic carboxylic acids is 1. The van der Waals surface area contributed by atoms with Crippen LogP contribution < -0.4 is 27.4 Å². The summed E-state index contributed by atoms with van der Waals surface area (Å²) in [6.07, 6.45) is 2.37. The van der Waals surface area contributed by atoms with E-state index in [1.807, 2.05) is 0 Å². The molecular formula is C18H29N7O6. The Morgan fingerprint density at radius 2 is 1.74 bits per heavy atom.